The summed E-state index contributed by atoms with van der Waals surface area (Å²) < 4.78 is 5.21. The number of hydrogen-bond donors (Lipinski definition) is 0. The molecule has 3 nitrogen and oxygen atoms in total. The first-order valence-corrected chi connectivity index (χ1v) is 7.07. The molecule has 0 unspecified atom stereocenters. The minimum absolute atomic E-state index is 0.332. The van der Waals surface area contributed by atoms with Crippen molar-refractivity contribution in [1.82, 2.24) is 0 Å². The van der Waals surface area contributed by atoms with Gasteiger partial charge in [-0.1, -0.05) is 29.8 Å². The molecule has 4 heteroatoms. The van der Waals surface area contributed by atoms with Crippen molar-refractivity contribution in [1.29, 1.82) is 0 Å². The maximum absolute atomic E-state index is 11.9. The van der Waals surface area contributed by atoms with E-state index in [1.54, 1.807) is 6.08 Å². The van der Waals surface area contributed by atoms with Gasteiger partial charge in [0.1, 0.15) is 0 Å². The molecule has 1 aliphatic carbocycles. The fourth-order valence-electron chi connectivity index (χ4n) is 2.32. The van der Waals surface area contributed by atoms with Crippen LogP contribution < -0.4 is 0 Å². The first kappa shape index (κ1) is 13.1. The minimum atomic E-state index is -0.411. The molecule has 0 N–H and O–H groups in total. The molecule has 0 radical (unpaired) electrons. The molecule has 0 aromatic heterocycles. The Bertz CT molecular complexity index is 629. The Morgan fingerprint density at radius 1 is 1.15 bits per heavy atom. The lowest BCUT2D eigenvalue weighted by Crippen LogP contribution is -2.05. The van der Waals surface area contributed by atoms with Gasteiger partial charge in [-0.25, -0.2) is 9.79 Å². The van der Waals surface area contributed by atoms with E-state index in [0.717, 1.165) is 41.9 Å². The number of aliphatic imine (C=N–C) groups is 1. The van der Waals surface area contributed by atoms with E-state index in [1.165, 1.54) is 0 Å². The van der Waals surface area contributed by atoms with Gasteiger partial charge in [-0.2, -0.15) is 0 Å². The summed E-state index contributed by atoms with van der Waals surface area (Å²) in [5, 5.41) is 0.833. The van der Waals surface area contributed by atoms with Crippen LogP contribution in [0, 0.1) is 0 Å². The van der Waals surface area contributed by atoms with Crippen LogP contribution in [0.5, 0.6) is 0 Å². The molecule has 0 fully saturated rings. The monoisotopic (exact) mass is 287 g/mol. The number of nitrogens with zero attached hydrogens (tertiary/aromatic N) is 1. The van der Waals surface area contributed by atoms with Crippen molar-refractivity contribution in [3.8, 4) is 0 Å². The Kier molecular flexibility index (Phi) is 3.70. The predicted octanol–water partition coefficient (Wildman–Crippen LogP) is 3.94. The van der Waals surface area contributed by atoms with E-state index in [-0.39, 0.29) is 0 Å². The number of cyclic esters (lactones) is 1. The molecule has 102 valence electrons. The van der Waals surface area contributed by atoms with E-state index in [0.29, 0.717) is 11.6 Å². The standard InChI is InChI=1S/C16H14ClNO2/c17-13-9-5-4-8-12(13)10-14-16(19)20-15(18-14)11-6-2-1-3-7-11/h1-3,6-7,10H,4-5,8-9H2/b14-10+. The number of carbonyl (C=O) groups is 1. The highest BCUT2D eigenvalue weighted by Gasteiger charge is 2.24. The van der Waals surface area contributed by atoms with Crippen LogP contribution in [0.2, 0.25) is 0 Å². The van der Waals surface area contributed by atoms with Crippen molar-refractivity contribution < 1.29 is 9.53 Å². The van der Waals surface area contributed by atoms with Crippen LogP contribution in [0.15, 0.2) is 57.7 Å². The Morgan fingerprint density at radius 2 is 1.90 bits per heavy atom. The zero-order valence-electron chi connectivity index (χ0n) is 10.9. The van der Waals surface area contributed by atoms with Gasteiger partial charge in [-0.15, -0.1) is 0 Å². The fourth-order valence-corrected chi connectivity index (χ4v) is 2.60. The first-order valence-electron chi connectivity index (χ1n) is 6.69. The van der Waals surface area contributed by atoms with Gasteiger partial charge >= 0.3 is 5.97 Å². The number of carbonyl (C=O) groups excluding carboxylic acids is 1. The van der Waals surface area contributed by atoms with E-state index in [9.17, 15) is 4.79 Å². The maximum atomic E-state index is 11.9. The first-order chi connectivity index (χ1) is 9.74. The third-order valence-corrected chi connectivity index (χ3v) is 3.82. The molecule has 3 rings (SSSR count). The van der Waals surface area contributed by atoms with E-state index >= 15 is 0 Å². The Hall–Kier alpha value is -1.87. The molecule has 1 heterocycles. The highest BCUT2D eigenvalue weighted by molar-refractivity contribution is 6.30. The Morgan fingerprint density at radius 3 is 2.65 bits per heavy atom. The van der Waals surface area contributed by atoms with Crippen molar-refractivity contribution in [2.24, 2.45) is 4.99 Å². The third kappa shape index (κ3) is 2.68. The Labute approximate surface area is 122 Å². The van der Waals surface area contributed by atoms with E-state index in [4.69, 9.17) is 16.3 Å². The van der Waals surface area contributed by atoms with Crippen molar-refractivity contribution in [2.75, 3.05) is 0 Å². The van der Waals surface area contributed by atoms with Crippen molar-refractivity contribution in [2.45, 2.75) is 25.7 Å². The maximum Gasteiger partial charge on any atom is 0.363 e. The fraction of sp³-hybridized carbons (Fsp3) is 0.250. The molecule has 0 saturated carbocycles. The normalized spacial score (nSPS) is 21.1. The van der Waals surface area contributed by atoms with Crippen LogP contribution in [0.4, 0.5) is 0 Å². The van der Waals surface area contributed by atoms with E-state index in [1.807, 2.05) is 30.3 Å². The molecule has 0 saturated heterocycles. The summed E-state index contributed by atoms with van der Waals surface area (Å²) >= 11 is 6.20. The van der Waals surface area contributed by atoms with Crippen LogP contribution in [0.25, 0.3) is 0 Å². The van der Waals surface area contributed by atoms with E-state index in [2.05, 4.69) is 4.99 Å². The van der Waals surface area contributed by atoms with Gasteiger partial charge in [0, 0.05) is 10.6 Å². The van der Waals surface area contributed by atoms with Gasteiger partial charge < -0.3 is 4.74 Å². The van der Waals surface area contributed by atoms with Crippen LogP contribution in [0.1, 0.15) is 31.2 Å². The number of ether oxygens (including phenoxy) is 1. The van der Waals surface area contributed by atoms with E-state index < -0.39 is 5.97 Å². The van der Waals surface area contributed by atoms with Gasteiger partial charge in [0.05, 0.1) is 0 Å². The number of benzene rings is 1. The van der Waals surface area contributed by atoms with Gasteiger partial charge in [-0.3, -0.25) is 0 Å². The zero-order chi connectivity index (χ0) is 13.9. The number of rotatable bonds is 2. The molecule has 0 atom stereocenters. The van der Waals surface area contributed by atoms with Crippen molar-refractivity contribution in [3.05, 3.63) is 58.3 Å². The molecule has 1 aliphatic heterocycles. The number of esters is 1. The van der Waals surface area contributed by atoms with Crippen LogP contribution in [-0.4, -0.2) is 11.9 Å². The van der Waals surface area contributed by atoms with Gasteiger partial charge in [-0.05, 0) is 49.5 Å². The lowest BCUT2D eigenvalue weighted by molar-refractivity contribution is -0.130. The number of allylic oxidation sites excluding steroid dienone is 3. The summed E-state index contributed by atoms with van der Waals surface area (Å²) in [6.07, 6.45) is 5.74. The third-order valence-electron chi connectivity index (χ3n) is 3.39. The van der Waals surface area contributed by atoms with Crippen LogP contribution >= 0.6 is 11.6 Å². The summed E-state index contributed by atoms with van der Waals surface area (Å²) in [6.45, 7) is 0. The van der Waals surface area contributed by atoms with Gasteiger partial charge in [0.15, 0.2) is 5.70 Å². The predicted molar refractivity (Wildman–Crippen MR) is 78.5 cm³/mol. The topological polar surface area (TPSA) is 38.7 Å². The SMILES string of the molecule is O=C1OC(c2ccccc2)=N/C1=C/C1=C(Cl)CCCC1. The highest BCUT2D eigenvalue weighted by atomic mass is 35.5. The summed E-state index contributed by atoms with van der Waals surface area (Å²) in [7, 11) is 0. The molecule has 0 bridgehead atoms. The second kappa shape index (κ2) is 5.63. The number of hydrogen-bond acceptors (Lipinski definition) is 3. The van der Waals surface area contributed by atoms with Crippen LogP contribution in [-0.2, 0) is 9.53 Å². The summed E-state index contributed by atoms with van der Waals surface area (Å²) in [6, 6.07) is 9.40. The molecule has 0 spiro atoms. The average Bonchev–Trinajstić information content (AvgIpc) is 2.84. The smallest absolute Gasteiger partial charge is 0.363 e. The van der Waals surface area contributed by atoms with Gasteiger partial charge in [0.25, 0.3) is 0 Å². The summed E-state index contributed by atoms with van der Waals surface area (Å²) in [4.78, 5) is 16.1. The largest absolute Gasteiger partial charge is 0.402 e. The second-order valence-corrected chi connectivity index (χ2v) is 5.30. The molecule has 1 aromatic carbocycles. The second-order valence-electron chi connectivity index (χ2n) is 4.84. The van der Waals surface area contributed by atoms with Gasteiger partial charge in [0.2, 0.25) is 5.90 Å². The summed E-state index contributed by atoms with van der Waals surface area (Å²) in [5.41, 5.74) is 2.13. The highest BCUT2D eigenvalue weighted by Crippen LogP contribution is 2.30. The zero-order valence-corrected chi connectivity index (χ0v) is 11.7. The molecule has 2 aliphatic rings. The lowest BCUT2D eigenvalue weighted by atomic mass is 9.98. The lowest BCUT2D eigenvalue weighted by Gasteiger charge is -2.12. The minimum Gasteiger partial charge on any atom is -0.402 e. The number of halogens is 1. The molecule has 0 amide bonds. The van der Waals surface area contributed by atoms with Crippen LogP contribution in [0.3, 0.4) is 0 Å². The average molecular weight is 288 g/mol. The molecular weight excluding hydrogens is 274 g/mol. The Balaban J connectivity index is 1.91. The van der Waals surface area contributed by atoms with Crippen molar-refractivity contribution in [3.63, 3.8) is 0 Å². The molecule has 1 aromatic rings. The van der Waals surface area contributed by atoms with Crippen molar-refractivity contribution >= 4 is 23.5 Å². The summed E-state index contributed by atoms with van der Waals surface area (Å²) in [5.74, 6) is -0.0548. The molecular formula is C16H14ClNO2. The quantitative estimate of drug-likeness (QED) is 0.610. The molecule has 20 heavy (non-hydrogen) atoms.